The summed E-state index contributed by atoms with van der Waals surface area (Å²) in [7, 11) is 0. The van der Waals surface area contributed by atoms with E-state index < -0.39 is 11.6 Å². The van der Waals surface area contributed by atoms with Gasteiger partial charge in [-0.25, -0.2) is 13.8 Å². The summed E-state index contributed by atoms with van der Waals surface area (Å²) < 4.78 is 33.6. The Hall–Kier alpha value is -1.95. The third-order valence-corrected chi connectivity index (χ3v) is 2.90. The van der Waals surface area contributed by atoms with Crippen molar-refractivity contribution in [3.05, 3.63) is 41.7 Å². The number of imidazole rings is 1. The summed E-state index contributed by atoms with van der Waals surface area (Å²) in [5, 5.41) is 3.16. The minimum Gasteiger partial charge on any atom is -0.382 e. The molecule has 6 heteroatoms. The van der Waals surface area contributed by atoms with Gasteiger partial charge in [0.15, 0.2) is 0 Å². The van der Waals surface area contributed by atoms with Gasteiger partial charge >= 0.3 is 0 Å². The summed E-state index contributed by atoms with van der Waals surface area (Å²) in [4.78, 5) is 4.33. The maximum absolute atomic E-state index is 13.3. The fourth-order valence-electron chi connectivity index (χ4n) is 2.02. The van der Waals surface area contributed by atoms with Crippen molar-refractivity contribution in [3.8, 4) is 5.69 Å². The number of aromatic nitrogens is 2. The molecule has 0 bridgehead atoms. The van der Waals surface area contributed by atoms with E-state index in [9.17, 15) is 8.78 Å². The Labute approximate surface area is 122 Å². The normalized spacial score (nSPS) is 10.9. The fourth-order valence-corrected chi connectivity index (χ4v) is 2.02. The Morgan fingerprint density at radius 2 is 1.95 bits per heavy atom. The van der Waals surface area contributed by atoms with Crippen LogP contribution >= 0.6 is 0 Å². The molecule has 21 heavy (non-hydrogen) atoms. The number of halogens is 2. The van der Waals surface area contributed by atoms with Gasteiger partial charge in [-0.3, -0.25) is 4.57 Å². The summed E-state index contributed by atoms with van der Waals surface area (Å²) in [6.45, 7) is 5.81. The minimum absolute atomic E-state index is 0.403. The van der Waals surface area contributed by atoms with Gasteiger partial charge in [0.1, 0.15) is 11.6 Å². The Kier molecular flexibility index (Phi) is 5.27. The van der Waals surface area contributed by atoms with Gasteiger partial charge in [0.25, 0.3) is 0 Å². The first kappa shape index (κ1) is 15.4. The Morgan fingerprint density at radius 1 is 1.24 bits per heavy atom. The number of hydrogen-bond acceptors (Lipinski definition) is 3. The van der Waals surface area contributed by atoms with Gasteiger partial charge in [0.2, 0.25) is 5.95 Å². The van der Waals surface area contributed by atoms with E-state index in [1.165, 1.54) is 12.1 Å². The second kappa shape index (κ2) is 7.17. The van der Waals surface area contributed by atoms with E-state index in [1.807, 2.05) is 13.8 Å². The number of benzene rings is 1. The van der Waals surface area contributed by atoms with Crippen molar-refractivity contribution in [2.24, 2.45) is 0 Å². The second-order valence-electron chi connectivity index (χ2n) is 4.68. The van der Waals surface area contributed by atoms with E-state index in [0.29, 0.717) is 31.4 Å². The largest absolute Gasteiger partial charge is 0.382 e. The van der Waals surface area contributed by atoms with Crippen molar-refractivity contribution in [2.75, 3.05) is 25.1 Å². The lowest BCUT2D eigenvalue weighted by Gasteiger charge is -2.10. The molecule has 1 N–H and O–H groups in total. The van der Waals surface area contributed by atoms with Crippen LogP contribution in [0.2, 0.25) is 0 Å². The van der Waals surface area contributed by atoms with Crippen LogP contribution in [0.25, 0.3) is 5.69 Å². The van der Waals surface area contributed by atoms with Crippen LogP contribution in [0.5, 0.6) is 0 Å². The molecule has 0 aliphatic rings. The Morgan fingerprint density at radius 3 is 2.62 bits per heavy atom. The predicted molar refractivity (Wildman–Crippen MR) is 77.8 cm³/mol. The lowest BCUT2D eigenvalue weighted by atomic mass is 10.3. The van der Waals surface area contributed by atoms with Crippen molar-refractivity contribution in [2.45, 2.75) is 20.3 Å². The average Bonchev–Trinajstić information content (AvgIpc) is 2.78. The SMILES string of the molecule is CCOCCCNc1nc(C)cn1-c1cc(F)cc(F)c1. The number of aryl methyl sites for hydroxylation is 1. The first-order chi connectivity index (χ1) is 10.1. The van der Waals surface area contributed by atoms with Crippen LogP contribution < -0.4 is 5.32 Å². The summed E-state index contributed by atoms with van der Waals surface area (Å²) >= 11 is 0. The van der Waals surface area contributed by atoms with E-state index >= 15 is 0 Å². The van der Waals surface area contributed by atoms with Crippen molar-refractivity contribution in [1.82, 2.24) is 9.55 Å². The molecule has 0 fully saturated rings. The molecule has 0 aliphatic heterocycles. The third-order valence-electron chi connectivity index (χ3n) is 2.90. The average molecular weight is 295 g/mol. The van der Waals surface area contributed by atoms with Gasteiger partial charge in [0, 0.05) is 32.0 Å². The molecule has 0 spiro atoms. The van der Waals surface area contributed by atoms with Gasteiger partial charge in [0.05, 0.1) is 11.4 Å². The monoisotopic (exact) mass is 295 g/mol. The Balaban J connectivity index is 2.12. The van der Waals surface area contributed by atoms with Crippen LogP contribution in [-0.4, -0.2) is 29.3 Å². The molecule has 114 valence electrons. The molecular weight excluding hydrogens is 276 g/mol. The molecule has 2 aromatic rings. The first-order valence-electron chi connectivity index (χ1n) is 6.94. The standard InChI is InChI=1S/C15H19F2N3O/c1-3-21-6-4-5-18-15-19-11(2)10-20(15)14-8-12(16)7-13(17)9-14/h7-10H,3-6H2,1-2H3,(H,18,19). The number of nitrogens with zero attached hydrogens (tertiary/aromatic N) is 2. The van der Waals surface area contributed by atoms with E-state index in [4.69, 9.17) is 4.74 Å². The lowest BCUT2D eigenvalue weighted by molar-refractivity contribution is 0.147. The van der Waals surface area contributed by atoms with Crippen LogP contribution in [-0.2, 0) is 4.74 Å². The number of nitrogens with one attached hydrogen (secondary N) is 1. The fraction of sp³-hybridized carbons (Fsp3) is 0.400. The first-order valence-corrected chi connectivity index (χ1v) is 6.94. The highest BCUT2D eigenvalue weighted by Gasteiger charge is 2.09. The molecule has 0 aliphatic carbocycles. The van der Waals surface area contributed by atoms with E-state index in [2.05, 4.69) is 10.3 Å². The van der Waals surface area contributed by atoms with Crippen LogP contribution in [0.15, 0.2) is 24.4 Å². The van der Waals surface area contributed by atoms with Crippen molar-refractivity contribution in [1.29, 1.82) is 0 Å². The molecule has 2 rings (SSSR count). The molecule has 0 saturated carbocycles. The maximum Gasteiger partial charge on any atom is 0.207 e. The van der Waals surface area contributed by atoms with Gasteiger partial charge < -0.3 is 10.1 Å². The molecule has 1 heterocycles. The number of hydrogen-bond donors (Lipinski definition) is 1. The number of rotatable bonds is 7. The van der Waals surface area contributed by atoms with Crippen LogP contribution in [0.3, 0.4) is 0 Å². The van der Waals surface area contributed by atoms with Gasteiger partial charge in [-0.05, 0) is 32.4 Å². The van der Waals surface area contributed by atoms with Gasteiger partial charge in [-0.2, -0.15) is 0 Å². The third kappa shape index (κ3) is 4.26. The smallest absolute Gasteiger partial charge is 0.207 e. The molecule has 0 radical (unpaired) electrons. The summed E-state index contributed by atoms with van der Waals surface area (Å²) in [5.41, 5.74) is 1.17. The van der Waals surface area contributed by atoms with Crippen LogP contribution in [0.1, 0.15) is 19.0 Å². The molecule has 1 aromatic carbocycles. The number of ether oxygens (including phenoxy) is 1. The molecular formula is C15H19F2N3O. The predicted octanol–water partition coefficient (Wildman–Crippen LogP) is 3.30. The summed E-state index contributed by atoms with van der Waals surface area (Å²) in [6.07, 6.45) is 2.57. The highest BCUT2D eigenvalue weighted by Crippen LogP contribution is 2.19. The molecule has 0 atom stereocenters. The van der Waals surface area contributed by atoms with Crippen molar-refractivity contribution < 1.29 is 13.5 Å². The molecule has 4 nitrogen and oxygen atoms in total. The zero-order chi connectivity index (χ0) is 15.2. The van der Waals surface area contributed by atoms with Crippen LogP contribution in [0, 0.1) is 18.6 Å². The molecule has 0 amide bonds. The van der Waals surface area contributed by atoms with Crippen molar-refractivity contribution in [3.63, 3.8) is 0 Å². The minimum atomic E-state index is -0.612. The highest BCUT2D eigenvalue weighted by molar-refractivity contribution is 5.43. The second-order valence-corrected chi connectivity index (χ2v) is 4.68. The highest BCUT2D eigenvalue weighted by atomic mass is 19.1. The number of anilines is 1. The maximum atomic E-state index is 13.3. The zero-order valence-corrected chi connectivity index (χ0v) is 12.2. The van der Waals surface area contributed by atoms with E-state index in [1.54, 1.807) is 10.8 Å². The summed E-state index contributed by atoms with van der Waals surface area (Å²) in [5.74, 6) is -0.661. The quantitative estimate of drug-likeness (QED) is 0.797. The van der Waals surface area contributed by atoms with Crippen LogP contribution in [0.4, 0.5) is 14.7 Å². The van der Waals surface area contributed by atoms with Crippen molar-refractivity contribution >= 4 is 5.95 Å². The molecule has 1 aromatic heterocycles. The summed E-state index contributed by atoms with van der Waals surface area (Å²) in [6, 6.07) is 3.40. The Bertz CT molecular complexity index is 578. The molecule has 0 saturated heterocycles. The van der Waals surface area contributed by atoms with E-state index in [0.717, 1.165) is 18.2 Å². The lowest BCUT2D eigenvalue weighted by Crippen LogP contribution is -2.10. The zero-order valence-electron chi connectivity index (χ0n) is 12.2. The van der Waals surface area contributed by atoms with Gasteiger partial charge in [-0.1, -0.05) is 0 Å². The molecule has 0 unspecified atom stereocenters. The topological polar surface area (TPSA) is 39.1 Å². The van der Waals surface area contributed by atoms with E-state index in [-0.39, 0.29) is 0 Å². The van der Waals surface area contributed by atoms with Gasteiger partial charge in [-0.15, -0.1) is 0 Å².